The van der Waals surface area contributed by atoms with Crippen molar-refractivity contribution in [2.45, 2.75) is 25.2 Å². The molecule has 25 heavy (non-hydrogen) atoms. The lowest BCUT2D eigenvalue weighted by Gasteiger charge is -2.50. The van der Waals surface area contributed by atoms with Crippen LogP contribution < -0.4 is 5.06 Å². The van der Waals surface area contributed by atoms with Crippen LogP contribution in [0.2, 0.25) is 0 Å². The summed E-state index contributed by atoms with van der Waals surface area (Å²) < 4.78 is 6.59. The van der Waals surface area contributed by atoms with Crippen LogP contribution in [0.25, 0.3) is 0 Å². The van der Waals surface area contributed by atoms with Gasteiger partial charge in [-0.15, -0.1) is 0 Å². The molecular formula is C22H20NO2. The van der Waals surface area contributed by atoms with Crippen molar-refractivity contribution in [1.82, 2.24) is 0 Å². The second kappa shape index (κ2) is 5.73. The van der Waals surface area contributed by atoms with E-state index in [1.165, 1.54) is 0 Å². The number of benzene rings is 3. The number of ether oxygens (including phenoxy) is 1. The number of fused-ring (bicyclic) bond motifs is 1. The monoisotopic (exact) mass is 330 g/mol. The van der Waals surface area contributed by atoms with Crippen LogP contribution in [0.3, 0.4) is 0 Å². The number of hydrogen-bond donors (Lipinski definition) is 0. The summed E-state index contributed by atoms with van der Waals surface area (Å²) in [6, 6.07) is 27.1. The van der Waals surface area contributed by atoms with Gasteiger partial charge in [0.1, 0.15) is 0 Å². The smallest absolute Gasteiger partial charge is 0.221 e. The highest BCUT2D eigenvalue weighted by Crippen LogP contribution is 2.51. The Balaban J connectivity index is 2.03. The molecule has 1 aliphatic rings. The van der Waals surface area contributed by atoms with Crippen LogP contribution >= 0.6 is 0 Å². The van der Waals surface area contributed by atoms with E-state index >= 15 is 0 Å². The Kier molecular flexibility index (Phi) is 3.64. The van der Waals surface area contributed by atoms with Gasteiger partial charge in [-0.2, -0.15) is 5.06 Å². The molecule has 3 aromatic rings. The Labute approximate surface area is 148 Å². The van der Waals surface area contributed by atoms with Crippen LogP contribution in [-0.4, -0.2) is 0 Å². The first-order valence-electron chi connectivity index (χ1n) is 8.44. The Morgan fingerprint density at radius 3 is 1.76 bits per heavy atom. The molecule has 0 bridgehead atoms. The molecule has 1 aliphatic heterocycles. The Hall–Kier alpha value is -2.62. The van der Waals surface area contributed by atoms with Crippen molar-refractivity contribution in [3.05, 3.63) is 102 Å². The van der Waals surface area contributed by atoms with Crippen LogP contribution in [0, 0.1) is 0 Å². The van der Waals surface area contributed by atoms with Gasteiger partial charge in [-0.1, -0.05) is 84.1 Å². The van der Waals surface area contributed by atoms with Gasteiger partial charge >= 0.3 is 0 Å². The molecule has 1 radical (unpaired) electrons. The minimum Gasteiger partial charge on any atom is -0.334 e. The molecule has 0 aliphatic carbocycles. The molecule has 125 valence electrons. The number of rotatable bonds is 2. The number of anilines is 1. The Bertz CT molecular complexity index is 835. The number of para-hydroxylation sites is 1. The molecule has 3 heteroatoms. The first-order valence-corrected chi connectivity index (χ1v) is 8.44. The molecular weight excluding hydrogens is 310 g/mol. The topological polar surface area (TPSA) is 32.4 Å². The van der Waals surface area contributed by atoms with Gasteiger partial charge in [0.15, 0.2) is 0 Å². The quantitative estimate of drug-likeness (QED) is 0.662. The van der Waals surface area contributed by atoms with E-state index in [0.29, 0.717) is 5.69 Å². The summed E-state index contributed by atoms with van der Waals surface area (Å²) in [5.41, 5.74) is 1.35. The highest BCUT2D eigenvalue weighted by atomic mass is 16.6. The third-order valence-corrected chi connectivity index (χ3v) is 4.79. The molecule has 1 heterocycles. The van der Waals surface area contributed by atoms with Gasteiger partial charge in [0.05, 0.1) is 11.3 Å². The lowest BCUT2D eigenvalue weighted by Crippen LogP contribution is -2.54. The molecule has 0 atom stereocenters. The largest absolute Gasteiger partial charge is 0.334 e. The van der Waals surface area contributed by atoms with Gasteiger partial charge in [0, 0.05) is 16.7 Å². The van der Waals surface area contributed by atoms with Crippen LogP contribution in [0.1, 0.15) is 30.5 Å². The van der Waals surface area contributed by atoms with E-state index in [9.17, 15) is 5.21 Å². The Morgan fingerprint density at radius 1 is 0.720 bits per heavy atom. The minimum absolute atomic E-state index is 0.608. The van der Waals surface area contributed by atoms with Crippen LogP contribution in [0.5, 0.6) is 0 Å². The minimum atomic E-state index is -1.22. The summed E-state index contributed by atoms with van der Waals surface area (Å²) in [4.78, 5) is 0. The summed E-state index contributed by atoms with van der Waals surface area (Å²) in [5, 5.41) is 14.6. The third kappa shape index (κ3) is 2.36. The number of hydrogen-bond acceptors (Lipinski definition) is 2. The zero-order chi connectivity index (χ0) is 17.5. The van der Waals surface area contributed by atoms with Crippen molar-refractivity contribution in [2.24, 2.45) is 0 Å². The lowest BCUT2D eigenvalue weighted by atomic mass is 9.86. The molecule has 0 saturated heterocycles. The van der Waals surface area contributed by atoms with Crippen molar-refractivity contribution in [2.75, 3.05) is 5.06 Å². The molecule has 4 rings (SSSR count). The molecule has 0 fully saturated rings. The maximum atomic E-state index is 13.6. The van der Waals surface area contributed by atoms with Gasteiger partial charge in [0.2, 0.25) is 5.72 Å². The summed E-state index contributed by atoms with van der Waals surface area (Å²) >= 11 is 0. The number of hydroxylamine groups is 1. The third-order valence-electron chi connectivity index (χ3n) is 4.79. The first-order chi connectivity index (χ1) is 12.1. The molecule has 3 aromatic carbocycles. The maximum Gasteiger partial charge on any atom is 0.221 e. The fourth-order valence-corrected chi connectivity index (χ4v) is 3.64. The SMILES string of the molecule is CC1(C)OC(c2ccccc2)(c2ccccc2)N([O])c2ccccc21. The predicted molar refractivity (Wildman–Crippen MR) is 97.4 cm³/mol. The van der Waals surface area contributed by atoms with E-state index in [2.05, 4.69) is 0 Å². The predicted octanol–water partition coefficient (Wildman–Crippen LogP) is 5.01. The highest BCUT2D eigenvalue weighted by Gasteiger charge is 2.52. The van der Waals surface area contributed by atoms with Crippen molar-refractivity contribution >= 4 is 5.69 Å². The number of nitrogens with zero attached hydrogens (tertiary/aromatic N) is 1. The van der Waals surface area contributed by atoms with Crippen molar-refractivity contribution in [3.63, 3.8) is 0 Å². The lowest BCUT2D eigenvalue weighted by molar-refractivity contribution is -0.183. The van der Waals surface area contributed by atoms with E-state index in [4.69, 9.17) is 4.74 Å². The standard InChI is InChI=1S/C22H20NO2/c1-21(2)19-15-9-10-16-20(19)23(24)22(25-21,17-11-5-3-6-12-17)18-13-7-4-8-14-18/h3-16H,1-2H3. The molecule has 0 unspecified atom stereocenters. The van der Waals surface area contributed by atoms with E-state index in [1.807, 2.05) is 98.8 Å². The van der Waals surface area contributed by atoms with Crippen molar-refractivity contribution in [3.8, 4) is 0 Å². The van der Waals surface area contributed by atoms with Gasteiger partial charge in [-0.25, -0.2) is 0 Å². The first kappa shape index (κ1) is 15.9. The average molecular weight is 330 g/mol. The van der Waals surface area contributed by atoms with E-state index in [1.54, 1.807) is 0 Å². The Morgan fingerprint density at radius 2 is 1.20 bits per heavy atom. The molecule has 0 N–H and O–H groups in total. The van der Waals surface area contributed by atoms with Gasteiger partial charge in [0.25, 0.3) is 0 Å². The van der Waals surface area contributed by atoms with Crippen LogP contribution in [-0.2, 0) is 21.3 Å². The van der Waals surface area contributed by atoms with Gasteiger partial charge < -0.3 is 4.74 Å². The second-order valence-electron chi connectivity index (χ2n) is 6.80. The molecule has 0 saturated carbocycles. The molecule has 0 amide bonds. The van der Waals surface area contributed by atoms with Crippen LogP contribution in [0.4, 0.5) is 5.69 Å². The maximum absolute atomic E-state index is 13.6. The van der Waals surface area contributed by atoms with Crippen LogP contribution in [0.15, 0.2) is 84.9 Å². The van der Waals surface area contributed by atoms with E-state index in [0.717, 1.165) is 21.8 Å². The normalized spacial score (nSPS) is 17.8. The fraction of sp³-hybridized carbons (Fsp3) is 0.182. The highest BCUT2D eigenvalue weighted by molar-refractivity contribution is 5.61. The van der Waals surface area contributed by atoms with E-state index < -0.39 is 11.3 Å². The molecule has 3 nitrogen and oxygen atoms in total. The van der Waals surface area contributed by atoms with Crippen molar-refractivity contribution in [1.29, 1.82) is 0 Å². The average Bonchev–Trinajstić information content (AvgIpc) is 2.66. The van der Waals surface area contributed by atoms with Gasteiger partial charge in [-0.3, -0.25) is 0 Å². The van der Waals surface area contributed by atoms with Crippen molar-refractivity contribution < 1.29 is 9.94 Å². The summed E-state index contributed by atoms with van der Waals surface area (Å²) in [6.07, 6.45) is 0. The summed E-state index contributed by atoms with van der Waals surface area (Å²) in [5.74, 6) is 0. The van der Waals surface area contributed by atoms with E-state index in [-0.39, 0.29) is 0 Å². The molecule has 0 spiro atoms. The molecule has 0 aromatic heterocycles. The summed E-state index contributed by atoms with van der Waals surface area (Å²) in [6.45, 7) is 4.03. The zero-order valence-corrected chi connectivity index (χ0v) is 14.3. The second-order valence-corrected chi connectivity index (χ2v) is 6.80. The zero-order valence-electron chi connectivity index (χ0n) is 14.3. The van der Waals surface area contributed by atoms with Gasteiger partial charge in [-0.05, 0) is 19.9 Å². The fourth-order valence-electron chi connectivity index (χ4n) is 3.64. The summed E-state index contributed by atoms with van der Waals surface area (Å²) in [7, 11) is 0.